The molecule has 7 rings (SSSR count). The second-order valence-corrected chi connectivity index (χ2v) is 20.7. The fourth-order valence-corrected chi connectivity index (χ4v) is 14.4. The van der Waals surface area contributed by atoms with Crippen LogP contribution in [0.15, 0.2) is 79.8 Å². The summed E-state index contributed by atoms with van der Waals surface area (Å²) in [6, 6.07) is 10.9. The molecular weight excluding hydrogens is 1070 g/mol. The van der Waals surface area contributed by atoms with E-state index in [4.69, 9.17) is 23.7 Å². The molecule has 26 heteroatoms. The number of aromatic amines is 3. The molecule has 0 saturated carbocycles. The van der Waals surface area contributed by atoms with Crippen LogP contribution < -0.4 is 28.3 Å². The maximum absolute atomic E-state index is 11.7. The van der Waals surface area contributed by atoms with Crippen molar-refractivity contribution in [1.29, 1.82) is 0 Å². The number of nitrogens with two attached hydrogens (primary N) is 4. The molecule has 0 aliphatic carbocycles. The number of nitrogens with zero attached hydrogens (tertiary/aromatic N) is 4. The highest BCUT2D eigenvalue weighted by Gasteiger charge is 2.13. The molecule has 0 unspecified atom stereocenters. The van der Waals surface area contributed by atoms with Crippen molar-refractivity contribution >= 4 is 160 Å². The van der Waals surface area contributed by atoms with Gasteiger partial charge in [0.05, 0.1) is 30.4 Å². The van der Waals surface area contributed by atoms with Gasteiger partial charge >= 0.3 is 5.97 Å². The summed E-state index contributed by atoms with van der Waals surface area (Å²) in [4.78, 5) is 68.0. The summed E-state index contributed by atoms with van der Waals surface area (Å²) in [5, 5.41) is 15.2. The monoisotopic (exact) mass is 1130 g/mol. The number of rotatable bonds is 7. The second kappa shape index (κ2) is 38.2. The molecule has 0 spiro atoms. The van der Waals surface area contributed by atoms with Gasteiger partial charge in [0.1, 0.15) is 27.0 Å². The Balaban J connectivity index is 0. The smallest absolute Gasteiger partial charge is 0.337 e. The number of hydrogen-bond acceptors (Lipinski definition) is 13. The van der Waals surface area contributed by atoms with Gasteiger partial charge in [-0.05, 0) is 91.6 Å². The topological polar surface area (TPSA) is 304 Å². The number of H-pyrrole nitrogens is 3. The molecule has 7 aromatic heterocycles. The van der Waals surface area contributed by atoms with Crippen molar-refractivity contribution in [3.8, 4) is 10.6 Å². The zero-order valence-corrected chi connectivity index (χ0v) is 43.9. The number of carboxylic acids is 1. The van der Waals surface area contributed by atoms with Gasteiger partial charge in [0.2, 0.25) is 11.8 Å². The molecule has 0 aromatic carbocycles. The number of aromatic nitrogens is 7. The standard InChI is InChI=1S/C10H10N4O2.C10H8N4S.C8H6N2O2.C2H6N2O.3C2H6.CH3I.P2S5/c11-8(15)5-14-10(16)7-4-13-9-6(7)2-1-3-12-9;11-8-5-14-10(15-8)7-4-13-9-6(7)2-1-3-12-9;11-8(12)6-4-10-7-5(6)2-1-3-9-7;3-1-2(4)5;4*1-2;3-1-2-5-7-6-4/h1-4H,5H2,(H2,11,15)(H,12,13)(H,14,16);1-5H,11H2,(H,12,13);1-4H,(H,9,10)(H,11,12);1,3H2,(H2,4,5);3*1-2H3;1H3;/i;;;;;;;1D;. The van der Waals surface area contributed by atoms with Crippen LogP contribution in [0.25, 0.3) is 43.7 Å². The highest BCUT2D eigenvalue weighted by atomic mass is 127. The lowest BCUT2D eigenvalue weighted by atomic mass is 10.2. The molecule has 0 bridgehead atoms. The number of aromatic carboxylic acids is 1. The minimum absolute atomic E-state index is 0.0556. The Bertz CT molecular complexity index is 2600. The normalized spacial score (nSPS) is 9.30. The van der Waals surface area contributed by atoms with Crippen molar-refractivity contribution in [3.05, 3.63) is 90.9 Å². The highest BCUT2D eigenvalue weighted by Crippen LogP contribution is 2.31. The lowest BCUT2D eigenvalue weighted by Gasteiger charge is -2.00. The molecule has 7 heterocycles. The molecular formula is C37H51IN12O5P2S6. The van der Waals surface area contributed by atoms with Gasteiger partial charge in [-0.3, -0.25) is 14.4 Å². The van der Waals surface area contributed by atoms with E-state index in [-0.39, 0.29) is 24.6 Å². The van der Waals surface area contributed by atoms with E-state index in [1.165, 1.54) is 33.5 Å². The first-order chi connectivity index (χ1) is 30.9. The van der Waals surface area contributed by atoms with Crippen molar-refractivity contribution < 1.29 is 25.7 Å². The Hall–Kier alpha value is -4.23. The number of primary amides is 2. The lowest BCUT2D eigenvalue weighted by Crippen LogP contribution is -2.33. The number of halogens is 1. The number of hydrogen-bond donors (Lipinski definition) is 9. The van der Waals surface area contributed by atoms with Crippen LogP contribution in [0, 0.1) is 0 Å². The van der Waals surface area contributed by atoms with E-state index in [2.05, 4.69) is 68.9 Å². The minimum atomic E-state index is -0.936. The summed E-state index contributed by atoms with van der Waals surface area (Å²) in [5.41, 5.74) is 23.7. The van der Waals surface area contributed by atoms with Crippen LogP contribution in [0.2, 0.25) is 0 Å². The number of carbonyl (C=O) groups excluding carboxylic acids is 3. The molecule has 0 aliphatic heterocycles. The predicted molar refractivity (Wildman–Crippen MR) is 285 cm³/mol. The number of carbonyl (C=O) groups is 4. The van der Waals surface area contributed by atoms with Crippen LogP contribution in [-0.2, 0) is 59.8 Å². The zero-order valence-electron chi connectivity index (χ0n) is 36.0. The summed E-state index contributed by atoms with van der Waals surface area (Å²) in [6.45, 7) is 11.8. The molecule has 0 fully saturated rings. The second-order valence-electron chi connectivity index (χ2n) is 9.87. The first-order valence-electron chi connectivity index (χ1n) is 18.9. The zero-order chi connectivity index (χ0) is 48.9. The van der Waals surface area contributed by atoms with E-state index < -0.39 is 17.8 Å². The molecule has 63 heavy (non-hydrogen) atoms. The number of nitrogens with one attached hydrogen (secondary N) is 4. The summed E-state index contributed by atoms with van der Waals surface area (Å²) < 4.78 is 6.20. The molecule has 0 aliphatic rings. The van der Waals surface area contributed by atoms with Gasteiger partial charge in [0, 0.05) is 74.4 Å². The molecule has 0 radical (unpaired) electrons. The van der Waals surface area contributed by atoms with Crippen LogP contribution in [0.4, 0.5) is 5.00 Å². The highest BCUT2D eigenvalue weighted by molar-refractivity contribution is 14.1. The van der Waals surface area contributed by atoms with Crippen LogP contribution in [0.5, 0.6) is 0 Å². The average molecular weight is 1130 g/mol. The van der Waals surface area contributed by atoms with Crippen LogP contribution in [0.3, 0.4) is 0 Å². The van der Waals surface area contributed by atoms with Gasteiger partial charge in [0.25, 0.3) is 5.91 Å². The first-order valence-corrected chi connectivity index (χ1v) is 29.0. The van der Waals surface area contributed by atoms with E-state index in [0.717, 1.165) is 33.7 Å². The van der Waals surface area contributed by atoms with E-state index in [0.29, 0.717) is 32.5 Å². The van der Waals surface area contributed by atoms with Crippen LogP contribution in [-0.4, -0.2) is 81.7 Å². The number of thiazole rings is 1. The van der Waals surface area contributed by atoms with E-state index >= 15 is 0 Å². The van der Waals surface area contributed by atoms with Gasteiger partial charge < -0.3 is 48.3 Å². The summed E-state index contributed by atoms with van der Waals surface area (Å²) in [7, 11) is 6.83. The van der Waals surface area contributed by atoms with E-state index in [9.17, 15) is 19.2 Å². The summed E-state index contributed by atoms with van der Waals surface area (Å²) in [6.07, 6.45) is 11.6. The van der Waals surface area contributed by atoms with Crippen molar-refractivity contribution in [2.45, 2.75) is 41.5 Å². The van der Waals surface area contributed by atoms with Gasteiger partial charge in [-0.15, -0.1) is 0 Å². The summed E-state index contributed by atoms with van der Waals surface area (Å²) >= 11 is 12.7. The van der Waals surface area contributed by atoms with Crippen molar-refractivity contribution in [1.82, 2.24) is 40.2 Å². The molecule has 17 nitrogen and oxygen atoms in total. The third kappa shape index (κ3) is 23.3. The average Bonchev–Trinajstić information content (AvgIpc) is 4.15. The Labute approximate surface area is 406 Å². The third-order valence-corrected chi connectivity index (χ3v) is 17.2. The maximum Gasteiger partial charge on any atom is 0.337 e. The number of alkyl halides is 1. The fraction of sp³-hybridized carbons (Fsp3) is 0.243. The van der Waals surface area contributed by atoms with Crippen LogP contribution >= 0.6 is 48.0 Å². The molecule has 7 aromatic rings. The van der Waals surface area contributed by atoms with Gasteiger partial charge in [-0.1, -0.05) is 75.5 Å². The Kier molecular flexibility index (Phi) is 35.7. The van der Waals surface area contributed by atoms with Crippen molar-refractivity contribution in [2.75, 3.05) is 23.7 Å². The number of pyridine rings is 3. The number of amides is 3. The maximum atomic E-state index is 11.7. The first kappa shape index (κ1) is 58.8. The van der Waals surface area contributed by atoms with Crippen LogP contribution in [0.1, 0.15) is 63.6 Å². The Morgan fingerprint density at radius 1 is 0.841 bits per heavy atom. The Morgan fingerprint density at radius 2 is 1.30 bits per heavy atom. The van der Waals surface area contributed by atoms with Gasteiger partial charge in [-0.25, -0.2) is 24.7 Å². The Morgan fingerprint density at radius 3 is 1.73 bits per heavy atom. The molecule has 3 amide bonds. The summed E-state index contributed by atoms with van der Waals surface area (Å²) in [5.74, 6) is -2.33. The number of anilines is 1. The van der Waals surface area contributed by atoms with Gasteiger partial charge in [0.15, 0.2) is 0 Å². The van der Waals surface area contributed by atoms with E-state index in [1.54, 1.807) is 73.6 Å². The minimum Gasteiger partial charge on any atom is -0.478 e. The SMILES string of the molecule is CC.CC.CC.NC(=O)CNC(=O)c1c[nH]c2ncccc12.NCC(N)=O.Nc1cnc(-c2c[nH]c3ncccc23)s1.O=C(O)c1c[nH]c2ncccc12.S=PP=S=S=S=S.[2H]CI. The van der Waals surface area contributed by atoms with Gasteiger partial charge in [-0.2, -0.15) is 0 Å². The van der Waals surface area contributed by atoms with E-state index in [1.807, 2.05) is 82.5 Å². The van der Waals surface area contributed by atoms with Crippen molar-refractivity contribution in [3.63, 3.8) is 0 Å². The molecule has 0 atom stereocenters. The molecule has 342 valence electrons. The quantitative estimate of drug-likeness (QED) is 0.0423. The molecule has 0 saturated heterocycles. The predicted octanol–water partition coefficient (Wildman–Crippen LogP) is 7.58. The number of carboxylic acid groups (broad SMARTS) is 1. The third-order valence-electron chi connectivity index (χ3n) is 6.33. The van der Waals surface area contributed by atoms with Crippen molar-refractivity contribution in [2.24, 2.45) is 17.2 Å². The number of fused-ring (bicyclic) bond motifs is 3. The lowest BCUT2D eigenvalue weighted by molar-refractivity contribution is -0.117. The number of nitrogen functional groups attached to an aromatic ring is 1. The molecule has 13 N–H and O–H groups in total. The largest absolute Gasteiger partial charge is 0.478 e. The fourth-order valence-electron chi connectivity index (χ4n) is 4.12.